The molecule has 0 aromatic carbocycles. The van der Waals surface area contributed by atoms with Gasteiger partial charge in [0.1, 0.15) is 24.4 Å². The summed E-state index contributed by atoms with van der Waals surface area (Å²) in [5.74, 6) is -0.544. The monoisotopic (exact) mass is 278 g/mol. The van der Waals surface area contributed by atoms with Gasteiger partial charge in [0.05, 0.1) is 6.61 Å². The normalized spacial score (nSPS) is 35.1. The summed E-state index contributed by atoms with van der Waals surface area (Å²) in [6, 6.07) is 0. The molecule has 0 aromatic heterocycles. The van der Waals surface area contributed by atoms with Gasteiger partial charge in [0.15, 0.2) is 0 Å². The number of rotatable bonds is 6. The summed E-state index contributed by atoms with van der Waals surface area (Å²) >= 11 is 0. The van der Waals surface area contributed by atoms with E-state index in [1.54, 1.807) is 0 Å². The third-order valence-electron chi connectivity index (χ3n) is 3.08. The summed E-state index contributed by atoms with van der Waals surface area (Å²) in [4.78, 5) is 11.5. The third-order valence-corrected chi connectivity index (χ3v) is 3.08. The number of carbonyl (C=O) groups excluding carboxylic acids is 1. The second-order valence-corrected chi connectivity index (χ2v) is 4.64. The summed E-state index contributed by atoms with van der Waals surface area (Å²) in [5.41, 5.74) is 0. The fraction of sp³-hybridized carbons (Fsp3) is 0.917. The SMILES string of the molecule is CCCCCC(=O)O[C@@H]1O[C@H](CO)[C@@H](O)[C@H](O)[C@H]1O. The molecule has 1 fully saturated rings. The summed E-state index contributed by atoms with van der Waals surface area (Å²) < 4.78 is 9.96. The molecular weight excluding hydrogens is 256 g/mol. The second kappa shape index (κ2) is 7.76. The molecule has 19 heavy (non-hydrogen) atoms. The van der Waals surface area contributed by atoms with Crippen LogP contribution in [0, 0.1) is 0 Å². The lowest BCUT2D eigenvalue weighted by Gasteiger charge is -2.39. The molecule has 4 N–H and O–H groups in total. The highest BCUT2D eigenvalue weighted by Crippen LogP contribution is 2.22. The minimum atomic E-state index is -1.53. The van der Waals surface area contributed by atoms with E-state index in [1.807, 2.05) is 6.92 Å². The largest absolute Gasteiger partial charge is 0.433 e. The fourth-order valence-corrected chi connectivity index (χ4v) is 1.87. The van der Waals surface area contributed by atoms with Crippen molar-refractivity contribution in [3.8, 4) is 0 Å². The fourth-order valence-electron chi connectivity index (χ4n) is 1.87. The average Bonchev–Trinajstić information content (AvgIpc) is 2.39. The molecule has 0 bridgehead atoms. The Labute approximate surface area is 111 Å². The molecule has 0 aromatic rings. The van der Waals surface area contributed by atoms with E-state index in [2.05, 4.69) is 0 Å². The first kappa shape index (κ1) is 16.3. The number of aliphatic hydroxyl groups excluding tert-OH is 4. The zero-order valence-corrected chi connectivity index (χ0v) is 10.9. The van der Waals surface area contributed by atoms with Crippen molar-refractivity contribution in [1.29, 1.82) is 0 Å². The Morgan fingerprint density at radius 1 is 1.16 bits per heavy atom. The van der Waals surface area contributed by atoms with Gasteiger partial charge in [-0.05, 0) is 6.42 Å². The van der Waals surface area contributed by atoms with E-state index in [9.17, 15) is 20.1 Å². The zero-order chi connectivity index (χ0) is 14.4. The van der Waals surface area contributed by atoms with E-state index < -0.39 is 43.3 Å². The number of ether oxygens (including phenoxy) is 2. The number of hydrogen-bond donors (Lipinski definition) is 4. The van der Waals surface area contributed by atoms with Crippen molar-refractivity contribution >= 4 is 5.97 Å². The second-order valence-electron chi connectivity index (χ2n) is 4.64. The predicted molar refractivity (Wildman–Crippen MR) is 64.0 cm³/mol. The molecule has 1 saturated heterocycles. The zero-order valence-electron chi connectivity index (χ0n) is 10.9. The maximum Gasteiger partial charge on any atom is 0.308 e. The lowest BCUT2D eigenvalue weighted by atomic mass is 9.99. The van der Waals surface area contributed by atoms with Crippen LogP contribution >= 0.6 is 0 Å². The van der Waals surface area contributed by atoms with Crippen LogP contribution in [0.3, 0.4) is 0 Å². The van der Waals surface area contributed by atoms with Gasteiger partial charge in [-0.15, -0.1) is 0 Å². The number of aliphatic hydroxyl groups is 4. The van der Waals surface area contributed by atoms with E-state index in [4.69, 9.17) is 14.6 Å². The molecule has 0 unspecified atom stereocenters. The van der Waals surface area contributed by atoms with Crippen molar-refractivity contribution in [1.82, 2.24) is 0 Å². The number of esters is 1. The van der Waals surface area contributed by atoms with Crippen LogP contribution in [-0.2, 0) is 14.3 Å². The molecule has 0 spiro atoms. The van der Waals surface area contributed by atoms with Crippen LogP contribution in [0.4, 0.5) is 0 Å². The van der Waals surface area contributed by atoms with Crippen molar-refractivity contribution in [3.05, 3.63) is 0 Å². The van der Waals surface area contributed by atoms with Crippen molar-refractivity contribution < 1.29 is 34.7 Å². The Kier molecular flexibility index (Phi) is 6.67. The maximum absolute atomic E-state index is 11.5. The molecule has 0 amide bonds. The summed E-state index contributed by atoms with van der Waals surface area (Å²) in [5, 5.41) is 37.7. The molecule has 7 heteroatoms. The van der Waals surface area contributed by atoms with Crippen molar-refractivity contribution in [2.45, 2.75) is 63.3 Å². The Bertz CT molecular complexity index is 281. The molecule has 0 radical (unpaired) electrons. The van der Waals surface area contributed by atoms with Crippen molar-refractivity contribution in [3.63, 3.8) is 0 Å². The van der Waals surface area contributed by atoms with Gasteiger partial charge in [-0.25, -0.2) is 0 Å². The van der Waals surface area contributed by atoms with Crippen LogP contribution < -0.4 is 0 Å². The molecule has 0 saturated carbocycles. The van der Waals surface area contributed by atoms with Crippen LogP contribution in [0.15, 0.2) is 0 Å². The minimum Gasteiger partial charge on any atom is -0.433 e. The van der Waals surface area contributed by atoms with E-state index in [0.717, 1.165) is 12.8 Å². The first-order chi connectivity index (χ1) is 9.01. The van der Waals surface area contributed by atoms with Crippen LogP contribution in [0.5, 0.6) is 0 Å². The number of hydrogen-bond acceptors (Lipinski definition) is 7. The first-order valence-electron chi connectivity index (χ1n) is 6.51. The van der Waals surface area contributed by atoms with Crippen molar-refractivity contribution in [2.75, 3.05) is 6.61 Å². The van der Waals surface area contributed by atoms with Gasteiger partial charge < -0.3 is 29.9 Å². The van der Waals surface area contributed by atoms with Gasteiger partial charge in [-0.1, -0.05) is 19.8 Å². The third kappa shape index (κ3) is 4.39. The van der Waals surface area contributed by atoms with Gasteiger partial charge in [0.25, 0.3) is 0 Å². The van der Waals surface area contributed by atoms with Crippen LogP contribution in [0.2, 0.25) is 0 Å². The topological polar surface area (TPSA) is 116 Å². The lowest BCUT2D eigenvalue weighted by molar-refractivity contribution is -0.292. The Hall–Kier alpha value is -0.730. The Balaban J connectivity index is 2.49. The summed E-state index contributed by atoms with van der Waals surface area (Å²) in [6.45, 7) is 1.46. The predicted octanol–water partition coefficient (Wildman–Crippen LogP) is -1.09. The molecule has 1 rings (SSSR count). The molecule has 5 atom stereocenters. The van der Waals surface area contributed by atoms with Gasteiger partial charge in [-0.3, -0.25) is 4.79 Å². The molecule has 7 nitrogen and oxygen atoms in total. The molecule has 112 valence electrons. The van der Waals surface area contributed by atoms with Gasteiger partial charge in [0.2, 0.25) is 6.29 Å². The highest BCUT2D eigenvalue weighted by Gasteiger charge is 2.45. The van der Waals surface area contributed by atoms with Crippen molar-refractivity contribution in [2.24, 2.45) is 0 Å². The smallest absolute Gasteiger partial charge is 0.308 e. The van der Waals surface area contributed by atoms with Gasteiger partial charge >= 0.3 is 5.97 Å². The number of carbonyl (C=O) groups is 1. The molecule has 0 aliphatic carbocycles. The average molecular weight is 278 g/mol. The van der Waals surface area contributed by atoms with Gasteiger partial charge in [-0.2, -0.15) is 0 Å². The summed E-state index contributed by atoms with van der Waals surface area (Å²) in [6.07, 6.45) is -4.22. The molecule has 1 aliphatic rings. The molecule has 1 aliphatic heterocycles. The Morgan fingerprint density at radius 2 is 1.84 bits per heavy atom. The van der Waals surface area contributed by atoms with Crippen LogP contribution in [-0.4, -0.2) is 63.7 Å². The molecule has 1 heterocycles. The standard InChI is InChI=1S/C12H22O7/c1-2-3-4-5-8(14)19-12-11(17)10(16)9(15)7(6-13)18-12/h7,9-13,15-17H,2-6H2,1H3/t7-,9-,10+,11-,12+/m1/s1. The van der Waals surface area contributed by atoms with E-state index in [1.165, 1.54) is 0 Å². The highest BCUT2D eigenvalue weighted by atomic mass is 16.7. The number of unbranched alkanes of at least 4 members (excludes halogenated alkanes) is 2. The first-order valence-corrected chi connectivity index (χ1v) is 6.51. The van der Waals surface area contributed by atoms with Crippen LogP contribution in [0.1, 0.15) is 32.6 Å². The highest BCUT2D eigenvalue weighted by molar-refractivity contribution is 5.69. The summed E-state index contributed by atoms with van der Waals surface area (Å²) in [7, 11) is 0. The molecular formula is C12H22O7. The lowest BCUT2D eigenvalue weighted by Crippen LogP contribution is -2.59. The van der Waals surface area contributed by atoms with Gasteiger partial charge in [0, 0.05) is 6.42 Å². The Morgan fingerprint density at radius 3 is 2.42 bits per heavy atom. The van der Waals surface area contributed by atoms with E-state index in [0.29, 0.717) is 6.42 Å². The quantitative estimate of drug-likeness (QED) is 0.360. The van der Waals surface area contributed by atoms with Crippen LogP contribution in [0.25, 0.3) is 0 Å². The van der Waals surface area contributed by atoms with E-state index in [-0.39, 0.29) is 6.42 Å². The minimum absolute atomic E-state index is 0.197. The van der Waals surface area contributed by atoms with E-state index >= 15 is 0 Å². The maximum atomic E-state index is 11.5.